The molecule has 1 N–H and O–H groups in total. The van der Waals surface area contributed by atoms with Crippen molar-refractivity contribution < 1.29 is 19.4 Å². The number of rotatable bonds is 5. The summed E-state index contributed by atoms with van der Waals surface area (Å²) in [6.45, 7) is 3.64. The summed E-state index contributed by atoms with van der Waals surface area (Å²) in [6, 6.07) is -0.894. The summed E-state index contributed by atoms with van der Waals surface area (Å²) in [7, 11) is 0. The highest BCUT2D eigenvalue weighted by Gasteiger charge is 2.36. The van der Waals surface area contributed by atoms with Crippen molar-refractivity contribution in [2.45, 2.75) is 32.4 Å². The van der Waals surface area contributed by atoms with Crippen molar-refractivity contribution in [1.29, 1.82) is 0 Å². The van der Waals surface area contributed by atoms with Gasteiger partial charge in [0, 0.05) is 5.75 Å². The Balaban J connectivity index is 2.68. The Morgan fingerprint density at radius 1 is 1.71 bits per heavy atom. The van der Waals surface area contributed by atoms with Gasteiger partial charge in [0.2, 0.25) is 0 Å². The van der Waals surface area contributed by atoms with Crippen LogP contribution in [0.2, 0.25) is 0 Å². The number of carboxylic acids is 1. The summed E-state index contributed by atoms with van der Waals surface area (Å²) >= 11 is 6.51. The van der Waals surface area contributed by atoms with Crippen LogP contribution in [0.25, 0.3) is 0 Å². The van der Waals surface area contributed by atoms with E-state index >= 15 is 0 Å². The molecule has 1 heterocycles. The molecule has 2 atom stereocenters. The molecule has 0 spiro atoms. The average Bonchev–Trinajstić information content (AvgIpc) is 2.59. The van der Waals surface area contributed by atoms with Crippen LogP contribution in [-0.2, 0) is 14.3 Å². The molecule has 1 fully saturated rings. The van der Waals surface area contributed by atoms with E-state index in [0.29, 0.717) is 16.7 Å². The monoisotopic (exact) mass is 277 g/mol. The normalized spacial score (nSPS) is 21.4. The molecule has 5 nitrogen and oxygen atoms in total. The first kappa shape index (κ1) is 14.2. The van der Waals surface area contributed by atoms with Gasteiger partial charge in [-0.15, -0.1) is 0 Å². The van der Waals surface area contributed by atoms with Crippen LogP contribution in [-0.4, -0.2) is 50.7 Å². The summed E-state index contributed by atoms with van der Waals surface area (Å²) in [4.78, 5) is 24.0. The summed E-state index contributed by atoms with van der Waals surface area (Å²) in [5, 5.41) is 8.99. The zero-order valence-electron chi connectivity index (χ0n) is 9.71. The van der Waals surface area contributed by atoms with Crippen LogP contribution in [0, 0.1) is 0 Å². The Morgan fingerprint density at radius 3 is 2.88 bits per heavy atom. The molecule has 0 saturated carbocycles. The number of thiocarbonyl (C=S) groups is 1. The second-order valence-corrected chi connectivity index (χ2v) is 5.32. The van der Waals surface area contributed by atoms with Crippen molar-refractivity contribution in [3.8, 4) is 0 Å². The molecule has 0 aromatic carbocycles. The smallest absolute Gasteiger partial charge is 0.326 e. The minimum Gasteiger partial charge on any atom is -0.480 e. The molecule has 0 bridgehead atoms. The van der Waals surface area contributed by atoms with E-state index in [1.807, 2.05) is 0 Å². The SMILES string of the molecule is CCOC(=O)CC1CSC(=S)N1C(C)C(=O)O. The largest absolute Gasteiger partial charge is 0.480 e. The minimum atomic E-state index is -0.941. The molecule has 1 aliphatic heterocycles. The summed E-state index contributed by atoms with van der Waals surface area (Å²) in [5.74, 6) is -0.621. The summed E-state index contributed by atoms with van der Waals surface area (Å²) in [6.07, 6.45) is 0.179. The maximum absolute atomic E-state index is 11.4. The quantitative estimate of drug-likeness (QED) is 0.596. The Hall–Kier alpha value is -0.820. The molecule has 7 heteroatoms. The Kier molecular flexibility index (Phi) is 5.20. The summed E-state index contributed by atoms with van der Waals surface area (Å²) in [5.41, 5.74) is 0. The summed E-state index contributed by atoms with van der Waals surface area (Å²) < 4.78 is 5.40. The van der Waals surface area contributed by atoms with Crippen LogP contribution in [0.15, 0.2) is 0 Å². The van der Waals surface area contributed by atoms with Crippen molar-refractivity contribution in [2.75, 3.05) is 12.4 Å². The third-order valence-electron chi connectivity index (χ3n) is 2.49. The van der Waals surface area contributed by atoms with E-state index in [1.165, 1.54) is 11.8 Å². The lowest BCUT2D eigenvalue weighted by Crippen LogP contribution is -2.45. The molecule has 0 aromatic rings. The first-order valence-electron chi connectivity index (χ1n) is 5.30. The number of nitrogens with zero attached hydrogens (tertiary/aromatic N) is 1. The van der Waals surface area contributed by atoms with E-state index in [4.69, 9.17) is 22.1 Å². The van der Waals surface area contributed by atoms with Crippen LogP contribution in [0.4, 0.5) is 0 Å². The topological polar surface area (TPSA) is 66.8 Å². The van der Waals surface area contributed by atoms with Gasteiger partial charge in [-0.2, -0.15) is 0 Å². The molecule has 17 heavy (non-hydrogen) atoms. The van der Waals surface area contributed by atoms with Crippen molar-refractivity contribution in [3.05, 3.63) is 0 Å². The van der Waals surface area contributed by atoms with Gasteiger partial charge in [0.1, 0.15) is 10.4 Å². The van der Waals surface area contributed by atoms with Gasteiger partial charge < -0.3 is 14.7 Å². The van der Waals surface area contributed by atoms with Crippen LogP contribution >= 0.6 is 24.0 Å². The second kappa shape index (κ2) is 6.20. The maximum Gasteiger partial charge on any atom is 0.326 e. The molecule has 0 amide bonds. The molecule has 0 radical (unpaired) electrons. The van der Waals surface area contributed by atoms with Gasteiger partial charge in [-0.05, 0) is 13.8 Å². The number of carbonyl (C=O) groups is 2. The highest BCUT2D eigenvalue weighted by atomic mass is 32.2. The van der Waals surface area contributed by atoms with Gasteiger partial charge in [-0.1, -0.05) is 24.0 Å². The Labute approximate surface area is 109 Å². The molecule has 1 rings (SSSR count). The fraction of sp³-hybridized carbons (Fsp3) is 0.700. The van der Waals surface area contributed by atoms with Crippen molar-refractivity contribution >= 4 is 40.2 Å². The van der Waals surface area contributed by atoms with E-state index in [0.717, 1.165) is 0 Å². The average molecular weight is 277 g/mol. The number of carbonyl (C=O) groups excluding carboxylic acids is 1. The molecular weight excluding hydrogens is 262 g/mol. The van der Waals surface area contributed by atoms with Crippen molar-refractivity contribution in [3.63, 3.8) is 0 Å². The number of esters is 1. The zero-order valence-corrected chi connectivity index (χ0v) is 11.3. The van der Waals surface area contributed by atoms with Gasteiger partial charge in [-0.3, -0.25) is 4.79 Å². The number of hydrogen-bond acceptors (Lipinski definition) is 5. The lowest BCUT2D eigenvalue weighted by Gasteiger charge is -2.28. The van der Waals surface area contributed by atoms with Crippen LogP contribution < -0.4 is 0 Å². The number of aliphatic carboxylic acids is 1. The van der Waals surface area contributed by atoms with Crippen molar-refractivity contribution in [1.82, 2.24) is 4.90 Å². The van der Waals surface area contributed by atoms with Gasteiger partial charge >= 0.3 is 11.9 Å². The predicted molar refractivity (Wildman–Crippen MR) is 69.0 cm³/mol. The third kappa shape index (κ3) is 3.57. The van der Waals surface area contributed by atoms with Gasteiger partial charge in [-0.25, -0.2) is 4.79 Å². The maximum atomic E-state index is 11.4. The zero-order chi connectivity index (χ0) is 13.0. The number of hydrogen-bond donors (Lipinski definition) is 1. The van der Waals surface area contributed by atoms with Crippen LogP contribution in [0.5, 0.6) is 0 Å². The molecule has 1 aliphatic rings. The highest BCUT2D eigenvalue weighted by Crippen LogP contribution is 2.28. The first-order valence-corrected chi connectivity index (χ1v) is 6.70. The number of carboxylic acid groups (broad SMARTS) is 1. The molecule has 0 aliphatic carbocycles. The standard InChI is InChI=1S/C10H15NO4S2/c1-3-15-8(12)4-7-5-17-10(16)11(7)6(2)9(13)14/h6-7H,3-5H2,1-2H3,(H,13,14). The second-order valence-electron chi connectivity index (χ2n) is 3.66. The predicted octanol–water partition coefficient (Wildman–Crippen LogP) is 1.11. The molecule has 96 valence electrons. The van der Waals surface area contributed by atoms with Gasteiger partial charge in [0.25, 0.3) is 0 Å². The van der Waals surface area contributed by atoms with Crippen LogP contribution in [0.3, 0.4) is 0 Å². The lowest BCUT2D eigenvalue weighted by atomic mass is 10.1. The van der Waals surface area contributed by atoms with E-state index < -0.39 is 12.0 Å². The molecular formula is C10H15NO4S2. The van der Waals surface area contributed by atoms with E-state index in [-0.39, 0.29) is 18.4 Å². The Bertz CT molecular complexity index is 334. The number of ether oxygens (including phenoxy) is 1. The number of thioether (sulfide) groups is 1. The fourth-order valence-corrected chi connectivity index (χ4v) is 3.22. The Morgan fingerprint density at radius 2 is 2.35 bits per heavy atom. The third-order valence-corrected chi connectivity index (χ3v) is 4.06. The molecule has 1 saturated heterocycles. The minimum absolute atomic E-state index is 0.179. The van der Waals surface area contributed by atoms with Crippen LogP contribution in [0.1, 0.15) is 20.3 Å². The van der Waals surface area contributed by atoms with Gasteiger partial charge in [0.15, 0.2) is 0 Å². The van der Waals surface area contributed by atoms with E-state index in [1.54, 1.807) is 18.7 Å². The fourth-order valence-electron chi connectivity index (χ4n) is 1.63. The van der Waals surface area contributed by atoms with E-state index in [9.17, 15) is 9.59 Å². The first-order chi connectivity index (χ1) is 7.97. The highest BCUT2D eigenvalue weighted by molar-refractivity contribution is 8.23. The molecule has 0 aromatic heterocycles. The van der Waals surface area contributed by atoms with Gasteiger partial charge in [0.05, 0.1) is 19.1 Å². The lowest BCUT2D eigenvalue weighted by molar-refractivity contribution is -0.146. The molecule has 2 unspecified atom stereocenters. The van der Waals surface area contributed by atoms with E-state index in [2.05, 4.69) is 0 Å². The van der Waals surface area contributed by atoms with Crippen molar-refractivity contribution in [2.24, 2.45) is 0 Å².